The number of aliphatic hydroxyl groups excluding tert-OH is 1. The highest BCUT2D eigenvalue weighted by atomic mass is 28.4. The highest BCUT2D eigenvalue weighted by Gasteiger charge is 2.41. The van der Waals surface area contributed by atoms with E-state index < -0.39 is 32.7 Å². The molecular weight excluding hydrogens is 484 g/mol. The molecule has 0 unspecified atom stereocenters. The molecule has 0 spiro atoms. The molecule has 0 aliphatic heterocycles. The minimum atomic E-state index is -2.09. The topological polar surface area (TPSA) is 66.4 Å². The fourth-order valence-electron chi connectivity index (χ4n) is 3.51. The Labute approximate surface area is 224 Å². The van der Waals surface area contributed by atoms with Crippen molar-refractivity contribution in [2.24, 2.45) is 0 Å². The second-order valence-electron chi connectivity index (χ2n) is 10.7. The second kappa shape index (κ2) is 15.5. The predicted octanol–water partition coefficient (Wildman–Crippen LogP) is 6.11. The summed E-state index contributed by atoms with van der Waals surface area (Å²) in [5, 5.41) is 11.6. The van der Waals surface area contributed by atoms with Crippen LogP contribution >= 0.6 is 0 Å². The molecule has 0 saturated heterocycles. The van der Waals surface area contributed by atoms with Gasteiger partial charge in [-0.15, -0.1) is 0 Å². The van der Waals surface area contributed by atoms with Crippen LogP contribution < -0.4 is 0 Å². The molecule has 0 saturated carbocycles. The van der Waals surface area contributed by atoms with Crippen LogP contribution in [0.5, 0.6) is 0 Å². The first kappa shape index (κ1) is 31.4. The van der Waals surface area contributed by atoms with Crippen molar-refractivity contribution in [3.05, 3.63) is 83.9 Å². The van der Waals surface area contributed by atoms with Gasteiger partial charge in [0.2, 0.25) is 0 Å². The van der Waals surface area contributed by atoms with Crippen LogP contribution in [0.4, 0.5) is 0 Å². The van der Waals surface area contributed by atoms with Crippen LogP contribution in [0.15, 0.2) is 72.8 Å². The normalized spacial score (nSPS) is 16.0. The van der Waals surface area contributed by atoms with E-state index in [1.165, 1.54) is 0 Å². The maximum absolute atomic E-state index is 11.6. The van der Waals surface area contributed by atoms with Gasteiger partial charge in [0.1, 0.15) is 31.2 Å². The van der Waals surface area contributed by atoms with Gasteiger partial charge in [0.05, 0.1) is 19.8 Å². The third-order valence-electron chi connectivity index (χ3n) is 6.81. The molecule has 0 radical (unpaired) electrons. The fraction of sp³-hybridized carbons (Fsp3) is 0.533. The van der Waals surface area contributed by atoms with Gasteiger partial charge in [0.15, 0.2) is 8.32 Å². The molecule has 37 heavy (non-hydrogen) atoms. The van der Waals surface area contributed by atoms with Crippen molar-refractivity contribution in [3.8, 4) is 0 Å². The number of ether oxygens (including phenoxy) is 4. The Balaban J connectivity index is 2.36. The number of methoxy groups -OCH3 is 1. The van der Waals surface area contributed by atoms with Gasteiger partial charge >= 0.3 is 0 Å². The van der Waals surface area contributed by atoms with Crippen molar-refractivity contribution < 1.29 is 28.5 Å². The minimum Gasteiger partial charge on any atom is -0.414 e. The number of rotatable bonds is 16. The molecule has 0 amide bonds. The molecule has 2 aromatic rings. The van der Waals surface area contributed by atoms with Gasteiger partial charge in [0, 0.05) is 7.11 Å². The summed E-state index contributed by atoms with van der Waals surface area (Å²) in [5.74, 6) is 0. The summed E-state index contributed by atoms with van der Waals surface area (Å²) in [4.78, 5) is 0. The van der Waals surface area contributed by atoms with Crippen molar-refractivity contribution in [1.29, 1.82) is 0 Å². The summed E-state index contributed by atoms with van der Waals surface area (Å²) in [5.41, 5.74) is 2.05. The number of hydrogen-bond donors (Lipinski definition) is 1. The minimum absolute atomic E-state index is 0.0328. The molecule has 0 aliphatic rings. The van der Waals surface area contributed by atoms with E-state index in [1.54, 1.807) is 7.11 Å². The molecule has 2 aromatic carbocycles. The van der Waals surface area contributed by atoms with Crippen LogP contribution in [0, 0.1) is 0 Å². The number of allylic oxidation sites excluding steroid dienone is 1. The molecule has 4 atom stereocenters. The van der Waals surface area contributed by atoms with E-state index in [0.29, 0.717) is 19.8 Å². The van der Waals surface area contributed by atoms with Gasteiger partial charge in [-0.1, -0.05) is 93.6 Å². The van der Waals surface area contributed by atoms with Gasteiger partial charge in [-0.25, -0.2) is 0 Å². The fourth-order valence-corrected chi connectivity index (χ4v) is 4.52. The molecule has 7 heteroatoms. The van der Waals surface area contributed by atoms with Crippen molar-refractivity contribution >= 4 is 8.32 Å². The van der Waals surface area contributed by atoms with Crippen LogP contribution in [-0.2, 0) is 36.6 Å². The molecule has 0 heterocycles. The van der Waals surface area contributed by atoms with Crippen molar-refractivity contribution in [3.63, 3.8) is 0 Å². The first-order valence-corrected chi connectivity index (χ1v) is 15.9. The third-order valence-corrected chi connectivity index (χ3v) is 11.3. The van der Waals surface area contributed by atoms with Gasteiger partial charge in [-0.2, -0.15) is 0 Å². The van der Waals surface area contributed by atoms with Crippen molar-refractivity contribution in [1.82, 2.24) is 0 Å². The average Bonchev–Trinajstić information content (AvgIpc) is 2.88. The molecule has 1 N–H and O–H groups in total. The predicted molar refractivity (Wildman–Crippen MR) is 151 cm³/mol. The summed E-state index contributed by atoms with van der Waals surface area (Å²) in [6, 6.07) is 19.9. The van der Waals surface area contributed by atoms with E-state index in [4.69, 9.17) is 23.4 Å². The highest BCUT2D eigenvalue weighted by molar-refractivity contribution is 6.74. The molecule has 0 bridgehead atoms. The lowest BCUT2D eigenvalue weighted by molar-refractivity contribution is -0.178. The van der Waals surface area contributed by atoms with Crippen LogP contribution in [0.2, 0.25) is 18.1 Å². The molecular formula is C30H46O6Si. The van der Waals surface area contributed by atoms with Gasteiger partial charge < -0.3 is 28.5 Å². The van der Waals surface area contributed by atoms with Crippen LogP contribution in [0.3, 0.4) is 0 Å². The van der Waals surface area contributed by atoms with E-state index >= 15 is 0 Å². The summed E-state index contributed by atoms with van der Waals surface area (Å²) < 4.78 is 30.4. The molecule has 0 aliphatic carbocycles. The van der Waals surface area contributed by atoms with Gasteiger partial charge in [-0.05, 0) is 36.2 Å². The van der Waals surface area contributed by atoms with Crippen LogP contribution in [0.25, 0.3) is 0 Å². The zero-order chi connectivity index (χ0) is 27.3. The first-order valence-electron chi connectivity index (χ1n) is 13.0. The number of hydrogen-bond acceptors (Lipinski definition) is 6. The van der Waals surface area contributed by atoms with E-state index in [9.17, 15) is 5.11 Å². The standard InChI is InChI=1S/C30H46O6Si/c1-8-15-26(35-23-32-5)28(31)29(34-21-25-18-13-10-14-19-25)27(22-36-37(6,7)30(2,3)4)33-20-24-16-11-9-12-17-24/h8-19,26-29,31H,20-23H2,1-7H3/b15-8+/t26-,27-,28+,29+/m1/s1. The Morgan fingerprint density at radius 3 is 1.89 bits per heavy atom. The van der Waals surface area contributed by atoms with Crippen molar-refractivity contribution in [2.45, 2.75) is 83.5 Å². The number of benzene rings is 2. The lowest BCUT2D eigenvalue weighted by Gasteiger charge is -2.39. The average molecular weight is 531 g/mol. The molecule has 6 nitrogen and oxygen atoms in total. The highest BCUT2D eigenvalue weighted by Crippen LogP contribution is 2.37. The van der Waals surface area contributed by atoms with Gasteiger partial charge in [-0.3, -0.25) is 0 Å². The summed E-state index contributed by atoms with van der Waals surface area (Å²) in [6.07, 6.45) is 0.758. The summed E-state index contributed by atoms with van der Waals surface area (Å²) in [6.45, 7) is 14.0. The Morgan fingerprint density at radius 1 is 0.865 bits per heavy atom. The SMILES string of the molecule is C/C=C/[C@@H](OCOC)[C@H](O)[C@@H](OCc1ccccc1)[C@@H](CO[Si](C)(C)C(C)(C)C)OCc1ccccc1. The van der Waals surface area contributed by atoms with E-state index in [-0.39, 0.29) is 11.8 Å². The van der Waals surface area contributed by atoms with Crippen LogP contribution in [0.1, 0.15) is 38.8 Å². The van der Waals surface area contributed by atoms with Crippen molar-refractivity contribution in [2.75, 3.05) is 20.5 Å². The quantitative estimate of drug-likeness (QED) is 0.161. The summed E-state index contributed by atoms with van der Waals surface area (Å²) in [7, 11) is -0.532. The van der Waals surface area contributed by atoms with Crippen LogP contribution in [-0.4, -0.2) is 58.3 Å². The molecule has 206 valence electrons. The second-order valence-corrected chi connectivity index (χ2v) is 15.5. The maximum Gasteiger partial charge on any atom is 0.192 e. The maximum atomic E-state index is 11.6. The molecule has 2 rings (SSSR count). The Bertz CT molecular complexity index is 897. The van der Waals surface area contributed by atoms with Gasteiger partial charge in [0.25, 0.3) is 0 Å². The summed E-state index contributed by atoms with van der Waals surface area (Å²) >= 11 is 0. The largest absolute Gasteiger partial charge is 0.414 e. The molecule has 0 aromatic heterocycles. The Hall–Kier alpha value is -1.84. The monoisotopic (exact) mass is 530 g/mol. The third kappa shape index (κ3) is 10.4. The number of aliphatic hydroxyl groups is 1. The van der Waals surface area contributed by atoms with E-state index in [0.717, 1.165) is 11.1 Å². The van der Waals surface area contributed by atoms with E-state index in [2.05, 4.69) is 33.9 Å². The van der Waals surface area contributed by atoms with E-state index in [1.807, 2.05) is 79.7 Å². The Kier molecular flexibility index (Phi) is 13.2. The zero-order valence-corrected chi connectivity index (χ0v) is 24.6. The molecule has 0 fully saturated rings. The zero-order valence-electron chi connectivity index (χ0n) is 23.6. The Morgan fingerprint density at radius 2 is 1.41 bits per heavy atom. The lowest BCUT2D eigenvalue weighted by atomic mass is 10.0. The smallest absolute Gasteiger partial charge is 0.192 e. The lowest BCUT2D eigenvalue weighted by Crippen LogP contribution is -2.51. The first-order chi connectivity index (χ1) is 17.6.